The molecule has 0 bridgehead atoms. The van der Waals surface area contributed by atoms with Crippen molar-refractivity contribution < 1.29 is 17.1 Å². The summed E-state index contributed by atoms with van der Waals surface area (Å²) in [5.74, 6) is 0. The normalized spacial score (nSPS) is 17.4. The Labute approximate surface area is 181 Å². The van der Waals surface area contributed by atoms with Crippen molar-refractivity contribution in [2.24, 2.45) is 0 Å². The molecule has 0 spiro atoms. The van der Waals surface area contributed by atoms with Crippen LogP contribution in [0.15, 0.2) is 59.1 Å². The SMILES string of the molecule is Brc1ccccc1[P@@]([C]1[CH][CH][CH][CH]1)c1ccccc1.[B].[CH]1[CH][CH][CH][CH]1.[Fe+2]. The van der Waals surface area contributed by atoms with Crippen molar-refractivity contribution in [3.63, 3.8) is 0 Å². The van der Waals surface area contributed by atoms with Gasteiger partial charge in [0.05, 0.1) is 0 Å². The second-order valence-electron chi connectivity index (χ2n) is 5.23. The Morgan fingerprint density at radius 1 is 0.615 bits per heavy atom. The summed E-state index contributed by atoms with van der Waals surface area (Å²) in [6.45, 7) is 0. The fourth-order valence-corrected chi connectivity index (χ4v) is 5.61. The van der Waals surface area contributed by atoms with Gasteiger partial charge in [-0.3, -0.25) is 0 Å². The van der Waals surface area contributed by atoms with Gasteiger partial charge in [-0.2, -0.15) is 0 Å². The monoisotopic (exact) mass is 459 g/mol. The summed E-state index contributed by atoms with van der Waals surface area (Å²) in [6.07, 6.45) is 18.7. The molecule has 2 saturated carbocycles. The molecule has 2 aromatic carbocycles. The average Bonchev–Trinajstić information content (AvgIpc) is 3.34. The average molecular weight is 460 g/mol. The fourth-order valence-electron chi connectivity index (χ4n) is 2.47. The first-order valence-corrected chi connectivity index (χ1v) is 9.98. The third-order valence-corrected chi connectivity index (χ3v) is 7.07. The van der Waals surface area contributed by atoms with Gasteiger partial charge in [-0.15, -0.1) is 0 Å². The predicted molar refractivity (Wildman–Crippen MR) is 114 cm³/mol. The van der Waals surface area contributed by atoms with Crippen LogP contribution in [0.5, 0.6) is 0 Å². The zero-order valence-electron chi connectivity index (χ0n) is 14.1. The molecule has 2 aliphatic carbocycles. The van der Waals surface area contributed by atoms with Crippen LogP contribution < -0.4 is 10.6 Å². The van der Waals surface area contributed by atoms with Crippen LogP contribution in [-0.2, 0) is 17.1 Å². The molecule has 0 heterocycles. The minimum absolute atomic E-state index is 0. The van der Waals surface area contributed by atoms with Crippen LogP contribution in [0.4, 0.5) is 0 Å². The van der Waals surface area contributed by atoms with E-state index in [1.165, 1.54) is 20.7 Å². The summed E-state index contributed by atoms with van der Waals surface area (Å²) in [5, 5.41) is 2.76. The van der Waals surface area contributed by atoms with Crippen molar-refractivity contribution in [2.75, 3.05) is 0 Å². The first-order chi connectivity index (χ1) is 11.9. The molecule has 4 heteroatoms. The Bertz CT molecular complexity index is 605. The van der Waals surface area contributed by atoms with E-state index in [4.69, 9.17) is 0 Å². The molecule has 1 atom stereocenters. The minimum atomic E-state index is -0.477. The van der Waals surface area contributed by atoms with Crippen LogP contribution in [0.1, 0.15) is 0 Å². The van der Waals surface area contributed by atoms with Crippen molar-refractivity contribution in [2.45, 2.75) is 0 Å². The summed E-state index contributed by atoms with van der Waals surface area (Å²) in [5.41, 5.74) is 1.40. The third kappa shape index (κ3) is 6.83. The maximum absolute atomic E-state index is 3.70. The zero-order valence-corrected chi connectivity index (χ0v) is 17.7. The van der Waals surface area contributed by atoms with Crippen molar-refractivity contribution >= 4 is 42.9 Å². The van der Waals surface area contributed by atoms with Crippen molar-refractivity contribution in [3.05, 3.63) is 123 Å². The van der Waals surface area contributed by atoms with Crippen molar-refractivity contribution in [1.82, 2.24) is 0 Å². The van der Waals surface area contributed by atoms with Gasteiger partial charge in [0.2, 0.25) is 0 Å². The van der Waals surface area contributed by atoms with E-state index >= 15 is 0 Å². The molecule has 26 heavy (non-hydrogen) atoms. The third-order valence-electron chi connectivity index (χ3n) is 3.57. The number of benzene rings is 2. The molecule has 0 aliphatic heterocycles. The molecule has 0 amide bonds. The van der Waals surface area contributed by atoms with Gasteiger partial charge in [0, 0.05) is 18.5 Å². The smallest absolute Gasteiger partial charge is 0.0622 e. The van der Waals surface area contributed by atoms with Crippen LogP contribution in [0, 0.1) is 63.4 Å². The Morgan fingerprint density at radius 2 is 1.12 bits per heavy atom. The molecule has 0 N–H and O–H groups in total. The first kappa shape index (κ1) is 24.0. The molecule has 2 aliphatic rings. The molecule has 2 fully saturated rings. The second kappa shape index (κ2) is 13.2. The number of halogens is 1. The molecule has 2 aromatic rings. The molecule has 0 nitrogen and oxygen atoms in total. The van der Waals surface area contributed by atoms with E-state index in [0.29, 0.717) is 0 Å². The summed E-state index contributed by atoms with van der Waals surface area (Å²) >= 11 is 3.70. The van der Waals surface area contributed by atoms with E-state index in [-0.39, 0.29) is 25.5 Å². The standard InChI is InChI=1S/C17H13BrP.C5H5.B.Fe/c18-16-12-6-7-13-17(16)19(15-10-4-5-11-15)14-8-2-1-3-9-14;1-2-4-5-3-1;;/h1-13H;1-5H;;/q;;;+2/t19-;;;/m1.../s1. The van der Waals surface area contributed by atoms with E-state index in [2.05, 4.69) is 96.2 Å². The van der Waals surface area contributed by atoms with Crippen LogP contribution in [0.3, 0.4) is 0 Å². The molecular weight excluding hydrogens is 442 g/mol. The van der Waals surface area contributed by atoms with Gasteiger partial charge in [-0.05, 0) is 82.4 Å². The number of hydrogen-bond acceptors (Lipinski definition) is 0. The Hall–Kier alpha value is -0.0656. The maximum atomic E-state index is 3.70. The van der Waals surface area contributed by atoms with Gasteiger partial charge in [-0.25, -0.2) is 0 Å². The summed E-state index contributed by atoms with van der Waals surface area (Å²) in [4.78, 5) is 0. The molecular formula is C22H18BBrFeP+2. The van der Waals surface area contributed by atoms with E-state index < -0.39 is 7.92 Å². The van der Waals surface area contributed by atoms with E-state index in [0.717, 1.165) is 0 Å². The molecule has 0 unspecified atom stereocenters. The van der Waals surface area contributed by atoms with Gasteiger partial charge in [0.1, 0.15) is 0 Å². The number of hydrogen-bond donors (Lipinski definition) is 0. The van der Waals surface area contributed by atoms with Crippen LogP contribution in [0.2, 0.25) is 0 Å². The molecule has 127 valence electrons. The Kier molecular flexibility index (Phi) is 12.1. The van der Waals surface area contributed by atoms with Gasteiger partial charge >= 0.3 is 17.1 Å². The van der Waals surface area contributed by atoms with E-state index in [1.807, 2.05) is 32.1 Å². The maximum Gasteiger partial charge on any atom is 2.00 e. The predicted octanol–water partition coefficient (Wildman–Crippen LogP) is 4.88. The second-order valence-corrected chi connectivity index (χ2v) is 8.27. The molecule has 4 rings (SSSR count). The van der Waals surface area contributed by atoms with Gasteiger partial charge in [-0.1, -0.05) is 64.5 Å². The summed E-state index contributed by atoms with van der Waals surface area (Å²) < 4.78 is 1.19. The largest absolute Gasteiger partial charge is 2.00 e. The Balaban J connectivity index is 0.000000421. The van der Waals surface area contributed by atoms with Crippen LogP contribution >= 0.6 is 23.9 Å². The fraction of sp³-hybridized carbons (Fsp3) is 0. The van der Waals surface area contributed by atoms with Gasteiger partial charge in [0.25, 0.3) is 0 Å². The zero-order chi connectivity index (χ0) is 16.6. The van der Waals surface area contributed by atoms with Crippen LogP contribution in [-0.4, -0.2) is 8.41 Å². The van der Waals surface area contributed by atoms with Gasteiger partial charge < -0.3 is 0 Å². The number of rotatable bonds is 3. The Morgan fingerprint density at radius 3 is 1.65 bits per heavy atom. The quantitative estimate of drug-likeness (QED) is 0.453. The topological polar surface area (TPSA) is 0 Å². The first-order valence-electron chi connectivity index (χ1n) is 7.84. The molecule has 0 aromatic heterocycles. The summed E-state index contributed by atoms with van der Waals surface area (Å²) in [6, 6.07) is 19.3. The van der Waals surface area contributed by atoms with E-state index in [1.54, 1.807) is 0 Å². The van der Waals surface area contributed by atoms with E-state index in [9.17, 15) is 0 Å². The molecule has 13 radical (unpaired) electrons. The van der Waals surface area contributed by atoms with Crippen molar-refractivity contribution in [3.8, 4) is 0 Å². The van der Waals surface area contributed by atoms with Crippen molar-refractivity contribution in [1.29, 1.82) is 0 Å². The molecule has 0 saturated heterocycles. The van der Waals surface area contributed by atoms with Gasteiger partial charge in [0.15, 0.2) is 0 Å². The summed E-state index contributed by atoms with van der Waals surface area (Å²) in [7, 11) is -0.477. The minimum Gasteiger partial charge on any atom is -0.0622 e. The van der Waals surface area contributed by atoms with Crippen LogP contribution in [0.25, 0.3) is 0 Å².